The molecule has 18 heavy (non-hydrogen) atoms. The summed E-state index contributed by atoms with van der Waals surface area (Å²) in [6.07, 6.45) is 10.8. The molecule has 3 heteroatoms. The summed E-state index contributed by atoms with van der Waals surface area (Å²) in [5.74, 6) is 3.23. The molecule has 1 aliphatic carbocycles. The van der Waals surface area contributed by atoms with E-state index in [0.717, 1.165) is 6.42 Å². The minimum atomic E-state index is -0.445. The smallest absolute Gasteiger partial charge is 0.0897 e. The molecule has 4 unspecified atom stereocenters. The Kier molecular flexibility index (Phi) is 7.34. The molecular formula is C15H27NO2. The lowest BCUT2D eigenvalue weighted by Crippen LogP contribution is -2.37. The summed E-state index contributed by atoms with van der Waals surface area (Å²) < 4.78 is 5.82. The first-order chi connectivity index (χ1) is 8.63. The zero-order valence-corrected chi connectivity index (χ0v) is 11.7. The number of aliphatic hydroxyl groups is 1. The van der Waals surface area contributed by atoms with Gasteiger partial charge in [-0.15, -0.1) is 12.3 Å². The topological polar surface area (TPSA) is 41.5 Å². The van der Waals surface area contributed by atoms with Crippen molar-refractivity contribution in [3.05, 3.63) is 0 Å². The van der Waals surface area contributed by atoms with Crippen LogP contribution < -0.4 is 5.32 Å². The van der Waals surface area contributed by atoms with Crippen molar-refractivity contribution in [3.63, 3.8) is 0 Å². The molecule has 0 saturated heterocycles. The maximum Gasteiger partial charge on any atom is 0.0897 e. The lowest BCUT2D eigenvalue weighted by molar-refractivity contribution is -0.0455. The van der Waals surface area contributed by atoms with Gasteiger partial charge in [-0.2, -0.15) is 0 Å². The van der Waals surface area contributed by atoms with Crippen molar-refractivity contribution in [2.75, 3.05) is 13.2 Å². The summed E-state index contributed by atoms with van der Waals surface area (Å²) in [7, 11) is 0. The van der Waals surface area contributed by atoms with Gasteiger partial charge in [-0.25, -0.2) is 0 Å². The van der Waals surface area contributed by atoms with Crippen LogP contribution in [0.25, 0.3) is 0 Å². The van der Waals surface area contributed by atoms with Crippen LogP contribution in [-0.2, 0) is 4.74 Å². The molecule has 0 aromatic rings. The fourth-order valence-corrected chi connectivity index (χ4v) is 2.41. The van der Waals surface area contributed by atoms with Crippen molar-refractivity contribution >= 4 is 0 Å². The summed E-state index contributed by atoms with van der Waals surface area (Å²) in [5.41, 5.74) is 0. The average molecular weight is 253 g/mol. The van der Waals surface area contributed by atoms with Gasteiger partial charge in [0.15, 0.2) is 0 Å². The van der Waals surface area contributed by atoms with Gasteiger partial charge in [0.1, 0.15) is 0 Å². The molecule has 1 aliphatic rings. The van der Waals surface area contributed by atoms with E-state index in [4.69, 9.17) is 11.2 Å². The predicted molar refractivity (Wildman–Crippen MR) is 74.3 cm³/mol. The number of hydrogen-bond donors (Lipinski definition) is 2. The van der Waals surface area contributed by atoms with Crippen molar-refractivity contribution in [2.24, 2.45) is 5.92 Å². The highest BCUT2D eigenvalue weighted by molar-refractivity contribution is 4.88. The van der Waals surface area contributed by atoms with E-state index in [1.54, 1.807) is 0 Å². The van der Waals surface area contributed by atoms with Gasteiger partial charge in [-0.1, -0.05) is 19.8 Å². The number of terminal acetylenes is 1. The third-order valence-corrected chi connectivity index (χ3v) is 3.66. The number of rotatable bonds is 7. The standard InChI is InChI=1S/C15H27NO2/c1-4-7-13(3)16-10-14(17)11-18-15-9-6-5-8-12(15)2/h1,12-17H,5-11H2,2-3H3. The van der Waals surface area contributed by atoms with E-state index in [0.29, 0.717) is 31.6 Å². The summed E-state index contributed by atoms with van der Waals surface area (Å²) >= 11 is 0. The number of aliphatic hydroxyl groups excluding tert-OH is 1. The Morgan fingerprint density at radius 3 is 2.83 bits per heavy atom. The number of nitrogens with one attached hydrogen (secondary N) is 1. The first-order valence-corrected chi connectivity index (χ1v) is 7.10. The maximum absolute atomic E-state index is 9.84. The third-order valence-electron chi connectivity index (χ3n) is 3.66. The number of ether oxygens (including phenoxy) is 1. The summed E-state index contributed by atoms with van der Waals surface area (Å²) in [5, 5.41) is 13.1. The van der Waals surface area contributed by atoms with E-state index in [-0.39, 0.29) is 6.04 Å². The highest BCUT2D eigenvalue weighted by atomic mass is 16.5. The largest absolute Gasteiger partial charge is 0.389 e. The van der Waals surface area contributed by atoms with E-state index >= 15 is 0 Å². The Bertz CT molecular complexity index is 262. The second-order valence-electron chi connectivity index (χ2n) is 5.50. The first kappa shape index (κ1) is 15.5. The molecule has 104 valence electrons. The Balaban J connectivity index is 2.12. The minimum Gasteiger partial charge on any atom is -0.389 e. The normalized spacial score (nSPS) is 27.4. The van der Waals surface area contributed by atoms with Crippen LogP contribution in [0.1, 0.15) is 46.0 Å². The summed E-state index contributed by atoms with van der Waals surface area (Å²) in [6, 6.07) is 0.248. The quantitative estimate of drug-likeness (QED) is 0.681. The van der Waals surface area contributed by atoms with Crippen molar-refractivity contribution in [2.45, 2.75) is 64.2 Å². The maximum atomic E-state index is 9.84. The first-order valence-electron chi connectivity index (χ1n) is 7.10. The highest BCUT2D eigenvalue weighted by Crippen LogP contribution is 2.26. The molecule has 0 aromatic carbocycles. The Morgan fingerprint density at radius 1 is 1.44 bits per heavy atom. The van der Waals surface area contributed by atoms with Crippen LogP contribution in [0.2, 0.25) is 0 Å². The molecule has 3 nitrogen and oxygen atoms in total. The summed E-state index contributed by atoms with van der Waals surface area (Å²) in [6.45, 7) is 5.23. The number of hydrogen-bond acceptors (Lipinski definition) is 3. The molecule has 0 spiro atoms. The van der Waals surface area contributed by atoms with Crippen LogP contribution in [-0.4, -0.2) is 36.5 Å². The predicted octanol–water partition coefficient (Wildman–Crippen LogP) is 1.94. The van der Waals surface area contributed by atoms with Gasteiger partial charge in [0.05, 0.1) is 18.8 Å². The molecule has 1 rings (SSSR count). The van der Waals surface area contributed by atoms with Crippen molar-refractivity contribution in [1.82, 2.24) is 5.32 Å². The van der Waals surface area contributed by atoms with Crippen molar-refractivity contribution in [3.8, 4) is 12.3 Å². The molecule has 4 atom stereocenters. The SMILES string of the molecule is C#CCC(C)NCC(O)COC1CCCCC1C. The van der Waals surface area contributed by atoms with Gasteiger partial charge in [0, 0.05) is 19.0 Å². The molecule has 1 saturated carbocycles. The van der Waals surface area contributed by atoms with E-state index < -0.39 is 6.10 Å². The molecular weight excluding hydrogens is 226 g/mol. The molecule has 0 aliphatic heterocycles. The van der Waals surface area contributed by atoms with E-state index in [2.05, 4.69) is 18.2 Å². The molecule has 0 amide bonds. The fourth-order valence-electron chi connectivity index (χ4n) is 2.41. The second kappa shape index (κ2) is 8.53. The Morgan fingerprint density at radius 2 is 2.17 bits per heavy atom. The van der Waals surface area contributed by atoms with E-state index in [1.165, 1.54) is 19.3 Å². The van der Waals surface area contributed by atoms with Gasteiger partial charge >= 0.3 is 0 Å². The Hall–Kier alpha value is -0.560. The van der Waals surface area contributed by atoms with Crippen LogP contribution in [0.5, 0.6) is 0 Å². The zero-order chi connectivity index (χ0) is 13.4. The van der Waals surface area contributed by atoms with Gasteiger partial charge in [0.25, 0.3) is 0 Å². The van der Waals surface area contributed by atoms with Gasteiger partial charge in [-0.05, 0) is 25.7 Å². The zero-order valence-electron chi connectivity index (χ0n) is 11.7. The fraction of sp³-hybridized carbons (Fsp3) is 0.867. The molecule has 0 heterocycles. The van der Waals surface area contributed by atoms with Gasteiger partial charge in [0.2, 0.25) is 0 Å². The highest BCUT2D eigenvalue weighted by Gasteiger charge is 2.22. The van der Waals surface area contributed by atoms with Gasteiger partial charge in [-0.3, -0.25) is 0 Å². The monoisotopic (exact) mass is 253 g/mol. The van der Waals surface area contributed by atoms with Crippen LogP contribution >= 0.6 is 0 Å². The van der Waals surface area contributed by atoms with Crippen LogP contribution in [0.3, 0.4) is 0 Å². The average Bonchev–Trinajstić information content (AvgIpc) is 2.36. The van der Waals surface area contributed by atoms with E-state index in [1.807, 2.05) is 6.92 Å². The van der Waals surface area contributed by atoms with Crippen LogP contribution in [0.15, 0.2) is 0 Å². The van der Waals surface area contributed by atoms with Gasteiger partial charge < -0.3 is 15.2 Å². The van der Waals surface area contributed by atoms with Crippen molar-refractivity contribution < 1.29 is 9.84 Å². The second-order valence-corrected chi connectivity index (χ2v) is 5.50. The lowest BCUT2D eigenvalue weighted by atomic mass is 9.88. The van der Waals surface area contributed by atoms with E-state index in [9.17, 15) is 5.11 Å². The molecule has 0 bridgehead atoms. The molecule has 1 fully saturated rings. The lowest BCUT2D eigenvalue weighted by Gasteiger charge is -2.29. The molecule has 2 N–H and O–H groups in total. The molecule has 0 radical (unpaired) electrons. The Labute approximate surface area is 111 Å². The van der Waals surface area contributed by atoms with Crippen molar-refractivity contribution in [1.29, 1.82) is 0 Å². The third kappa shape index (κ3) is 5.86. The molecule has 0 aromatic heterocycles. The minimum absolute atomic E-state index is 0.248. The van der Waals surface area contributed by atoms with Crippen LogP contribution in [0.4, 0.5) is 0 Å². The van der Waals surface area contributed by atoms with Crippen LogP contribution in [0, 0.1) is 18.3 Å². The summed E-state index contributed by atoms with van der Waals surface area (Å²) in [4.78, 5) is 0.